The first-order valence-corrected chi connectivity index (χ1v) is 8.59. The third-order valence-electron chi connectivity index (χ3n) is 4.12. The van der Waals surface area contributed by atoms with E-state index in [-0.39, 0.29) is 13.0 Å². The molecule has 0 aliphatic heterocycles. The number of carbonyl (C=O) groups is 1. The average molecular weight is 381 g/mol. The van der Waals surface area contributed by atoms with E-state index in [0.29, 0.717) is 11.1 Å². The largest absolute Gasteiger partial charge is 0.445 e. The quantitative estimate of drug-likeness (QED) is 0.762. The van der Waals surface area contributed by atoms with E-state index in [4.69, 9.17) is 4.74 Å². The zero-order valence-electron chi connectivity index (χ0n) is 14.9. The van der Waals surface area contributed by atoms with E-state index in [1.165, 1.54) is 0 Å². The standard InChI is InChI=1S/C20H22F3NO3/c1-2-14-8-10-15(11-9-14)12-17(18(25)20(21,22)23)24-19(26)27-13-16-6-4-3-5-7-16/h3-11,17-18,25H,2,12-13H2,1H3,(H,24,26). The highest BCUT2D eigenvalue weighted by Gasteiger charge is 2.44. The summed E-state index contributed by atoms with van der Waals surface area (Å²) in [7, 11) is 0. The first-order valence-electron chi connectivity index (χ1n) is 8.59. The molecule has 4 nitrogen and oxygen atoms in total. The Morgan fingerprint density at radius 3 is 2.19 bits per heavy atom. The molecule has 146 valence electrons. The van der Waals surface area contributed by atoms with Gasteiger partial charge in [0.1, 0.15) is 6.61 Å². The molecule has 2 aromatic carbocycles. The molecule has 0 radical (unpaired) electrons. The lowest BCUT2D eigenvalue weighted by Crippen LogP contribution is -2.51. The van der Waals surface area contributed by atoms with Crippen LogP contribution in [0.5, 0.6) is 0 Å². The summed E-state index contributed by atoms with van der Waals surface area (Å²) in [5, 5.41) is 11.8. The van der Waals surface area contributed by atoms with Crippen LogP contribution in [-0.4, -0.2) is 29.5 Å². The van der Waals surface area contributed by atoms with Gasteiger partial charge in [-0.3, -0.25) is 0 Å². The average Bonchev–Trinajstić information content (AvgIpc) is 2.66. The van der Waals surface area contributed by atoms with Crippen molar-refractivity contribution >= 4 is 6.09 Å². The predicted molar refractivity (Wildman–Crippen MR) is 95.1 cm³/mol. The molecule has 2 N–H and O–H groups in total. The van der Waals surface area contributed by atoms with E-state index in [0.717, 1.165) is 12.0 Å². The van der Waals surface area contributed by atoms with E-state index < -0.39 is 24.4 Å². The summed E-state index contributed by atoms with van der Waals surface area (Å²) in [6.07, 6.45) is -7.95. The Bertz CT molecular complexity index is 718. The topological polar surface area (TPSA) is 58.6 Å². The van der Waals surface area contributed by atoms with E-state index in [2.05, 4.69) is 5.32 Å². The highest BCUT2D eigenvalue weighted by Crippen LogP contribution is 2.24. The molecular weight excluding hydrogens is 359 g/mol. The normalized spacial score (nSPS) is 13.7. The number of alkyl halides is 3. The Hall–Kier alpha value is -2.54. The predicted octanol–water partition coefficient (Wildman–Crippen LogP) is 4.01. The van der Waals surface area contributed by atoms with Crippen molar-refractivity contribution in [3.63, 3.8) is 0 Å². The lowest BCUT2D eigenvalue weighted by Gasteiger charge is -2.25. The number of aliphatic hydroxyl groups is 1. The second kappa shape index (κ2) is 9.41. The van der Waals surface area contributed by atoms with Crippen molar-refractivity contribution in [2.45, 2.75) is 44.7 Å². The number of rotatable bonds is 7. The van der Waals surface area contributed by atoms with Gasteiger partial charge in [0.15, 0.2) is 6.10 Å². The fourth-order valence-electron chi connectivity index (χ4n) is 2.55. The Morgan fingerprint density at radius 1 is 1.04 bits per heavy atom. The number of benzene rings is 2. The number of alkyl carbamates (subject to hydrolysis) is 1. The molecule has 0 bridgehead atoms. The molecule has 7 heteroatoms. The summed E-state index contributed by atoms with van der Waals surface area (Å²) in [6, 6.07) is 14.2. The van der Waals surface area contributed by atoms with Gasteiger partial charge in [-0.2, -0.15) is 13.2 Å². The van der Waals surface area contributed by atoms with Crippen LogP contribution in [0.25, 0.3) is 0 Å². The van der Waals surface area contributed by atoms with Crippen molar-refractivity contribution in [1.82, 2.24) is 5.32 Å². The van der Waals surface area contributed by atoms with Crippen molar-refractivity contribution in [3.8, 4) is 0 Å². The van der Waals surface area contributed by atoms with Gasteiger partial charge in [-0.05, 0) is 29.5 Å². The van der Waals surface area contributed by atoms with Crippen molar-refractivity contribution in [2.24, 2.45) is 0 Å². The summed E-state index contributed by atoms with van der Waals surface area (Å²) >= 11 is 0. The zero-order valence-corrected chi connectivity index (χ0v) is 14.9. The summed E-state index contributed by atoms with van der Waals surface area (Å²) < 4.78 is 43.9. The Morgan fingerprint density at radius 2 is 1.63 bits per heavy atom. The van der Waals surface area contributed by atoms with Crippen molar-refractivity contribution in [2.75, 3.05) is 0 Å². The van der Waals surface area contributed by atoms with Crippen LogP contribution in [0.1, 0.15) is 23.6 Å². The lowest BCUT2D eigenvalue weighted by atomic mass is 9.99. The number of carbonyl (C=O) groups excluding carboxylic acids is 1. The molecule has 1 amide bonds. The van der Waals surface area contributed by atoms with Crippen LogP contribution in [0.3, 0.4) is 0 Å². The van der Waals surface area contributed by atoms with E-state index in [1.54, 1.807) is 54.6 Å². The van der Waals surface area contributed by atoms with Gasteiger partial charge in [-0.25, -0.2) is 4.79 Å². The molecule has 2 rings (SSSR count). The number of aliphatic hydroxyl groups excluding tert-OH is 1. The van der Waals surface area contributed by atoms with Crippen LogP contribution in [0.15, 0.2) is 54.6 Å². The number of aryl methyl sites for hydroxylation is 1. The maximum atomic E-state index is 13.0. The summed E-state index contributed by atoms with van der Waals surface area (Å²) in [5.41, 5.74) is 2.32. The van der Waals surface area contributed by atoms with E-state index in [9.17, 15) is 23.1 Å². The number of ether oxygens (including phenoxy) is 1. The third kappa shape index (κ3) is 6.60. The zero-order chi connectivity index (χ0) is 19.9. The molecule has 0 aliphatic carbocycles. The van der Waals surface area contributed by atoms with Gasteiger partial charge in [0.25, 0.3) is 0 Å². The second-order valence-electron chi connectivity index (χ2n) is 6.17. The maximum Gasteiger partial charge on any atom is 0.416 e. The highest BCUT2D eigenvalue weighted by molar-refractivity contribution is 5.67. The van der Waals surface area contributed by atoms with Gasteiger partial charge < -0.3 is 15.2 Å². The number of hydrogen-bond acceptors (Lipinski definition) is 3. The number of hydrogen-bond donors (Lipinski definition) is 2. The minimum Gasteiger partial charge on any atom is -0.445 e. The fourth-order valence-corrected chi connectivity index (χ4v) is 2.55. The molecule has 2 atom stereocenters. The SMILES string of the molecule is CCc1ccc(CC(NC(=O)OCc2ccccc2)C(O)C(F)(F)F)cc1. The van der Waals surface area contributed by atoms with Crippen molar-refractivity contribution in [1.29, 1.82) is 0 Å². The third-order valence-corrected chi connectivity index (χ3v) is 4.12. The van der Waals surface area contributed by atoms with Gasteiger partial charge in [0, 0.05) is 0 Å². The Labute approximate surface area is 156 Å². The number of nitrogens with one attached hydrogen (secondary N) is 1. The van der Waals surface area contributed by atoms with Gasteiger partial charge in [-0.15, -0.1) is 0 Å². The molecule has 0 spiro atoms. The van der Waals surface area contributed by atoms with Crippen molar-refractivity contribution in [3.05, 3.63) is 71.3 Å². The molecule has 27 heavy (non-hydrogen) atoms. The minimum atomic E-state index is -4.86. The molecule has 2 aromatic rings. The summed E-state index contributed by atoms with van der Waals surface area (Å²) in [6.45, 7) is 1.89. The van der Waals surface area contributed by atoms with Crippen LogP contribution in [-0.2, 0) is 24.2 Å². The number of halogens is 3. The molecule has 2 unspecified atom stereocenters. The molecule has 0 saturated carbocycles. The van der Waals surface area contributed by atoms with Crippen LogP contribution in [0.4, 0.5) is 18.0 Å². The lowest BCUT2D eigenvalue weighted by molar-refractivity contribution is -0.211. The second-order valence-corrected chi connectivity index (χ2v) is 6.17. The smallest absolute Gasteiger partial charge is 0.416 e. The van der Waals surface area contributed by atoms with Gasteiger partial charge in [0.2, 0.25) is 0 Å². The number of amides is 1. The minimum absolute atomic E-state index is 0.0767. The van der Waals surface area contributed by atoms with Crippen LogP contribution >= 0.6 is 0 Å². The first kappa shape index (κ1) is 20.8. The maximum absolute atomic E-state index is 13.0. The van der Waals surface area contributed by atoms with E-state index in [1.807, 2.05) is 6.92 Å². The van der Waals surface area contributed by atoms with Gasteiger partial charge >= 0.3 is 12.3 Å². The Kier molecular flexibility index (Phi) is 7.24. The summed E-state index contributed by atoms with van der Waals surface area (Å²) in [4.78, 5) is 11.9. The molecule has 0 saturated heterocycles. The van der Waals surface area contributed by atoms with Gasteiger partial charge in [0.05, 0.1) is 6.04 Å². The Balaban J connectivity index is 2.03. The molecule has 0 aromatic heterocycles. The first-order chi connectivity index (χ1) is 12.8. The van der Waals surface area contributed by atoms with Crippen LogP contribution in [0, 0.1) is 0 Å². The summed E-state index contributed by atoms with van der Waals surface area (Å²) in [5.74, 6) is 0. The van der Waals surface area contributed by atoms with E-state index >= 15 is 0 Å². The highest BCUT2D eigenvalue weighted by atomic mass is 19.4. The molecule has 0 heterocycles. The van der Waals surface area contributed by atoms with Crippen LogP contribution in [0.2, 0.25) is 0 Å². The van der Waals surface area contributed by atoms with Gasteiger partial charge in [-0.1, -0.05) is 61.5 Å². The fraction of sp³-hybridized carbons (Fsp3) is 0.350. The molecule has 0 fully saturated rings. The monoisotopic (exact) mass is 381 g/mol. The van der Waals surface area contributed by atoms with Crippen LogP contribution < -0.4 is 5.32 Å². The molecular formula is C20H22F3NO3. The molecule has 0 aliphatic rings. The van der Waals surface area contributed by atoms with Crippen molar-refractivity contribution < 1.29 is 27.8 Å².